The Hall–Kier alpha value is -4.02. The van der Waals surface area contributed by atoms with E-state index in [4.69, 9.17) is 36.6 Å². The molecule has 10 nitrogen and oxygen atoms in total. The average molecular weight is 826 g/mol. The number of rotatable bonds is 6. The lowest BCUT2D eigenvalue weighted by molar-refractivity contribution is -0.351. The molecule has 7 rings (SSSR count). The molecule has 2 aliphatic rings. The van der Waals surface area contributed by atoms with Gasteiger partial charge >= 0.3 is 14.2 Å². The highest BCUT2D eigenvalue weighted by atomic mass is 31.1. The summed E-state index contributed by atoms with van der Waals surface area (Å²) >= 11 is 0. The smallest absolute Gasteiger partial charge is 0.388 e. The van der Waals surface area contributed by atoms with E-state index in [1.54, 1.807) is 24.4 Å². The van der Waals surface area contributed by atoms with Crippen molar-refractivity contribution < 1.29 is 41.4 Å². The zero-order valence-electron chi connectivity index (χ0n) is 36.7. The monoisotopic (exact) mass is 825 g/mol. The van der Waals surface area contributed by atoms with Crippen LogP contribution in [0.1, 0.15) is 128 Å². The predicted octanol–water partition coefficient (Wildman–Crippen LogP) is 11.4. The number of carbonyl (C=O) groups excluding carboxylic acids is 1. The molecule has 2 fully saturated rings. The zero-order chi connectivity index (χ0) is 42.7. The number of benzene rings is 3. The molecule has 3 aromatic carbocycles. The van der Waals surface area contributed by atoms with Gasteiger partial charge < -0.3 is 32.1 Å². The SMILES string of the molecule is CO[C@H]1O[C@@H]2COC(c3ccccc3)O[C@H]2[C@H](OC(=O)c2ccccn2)[C@H]1Op1oc2c(C(C)(C)C)cc(C(C)(C)C)cc2c2cc(C(C)(C)C)cc(C(C)(C)C)c2o1. The van der Waals surface area contributed by atoms with Crippen LogP contribution in [0.15, 0.2) is 87.4 Å². The highest BCUT2D eigenvalue weighted by molar-refractivity contribution is 7.31. The van der Waals surface area contributed by atoms with Crippen molar-refractivity contribution in [2.75, 3.05) is 13.7 Å². The van der Waals surface area contributed by atoms with Crippen molar-refractivity contribution in [3.63, 3.8) is 0 Å². The lowest BCUT2D eigenvalue weighted by Gasteiger charge is -2.47. The third kappa shape index (κ3) is 9.05. The van der Waals surface area contributed by atoms with Gasteiger partial charge in [0.15, 0.2) is 24.8 Å². The van der Waals surface area contributed by atoms with Crippen LogP contribution in [0, 0.1) is 0 Å². The van der Waals surface area contributed by atoms with Crippen molar-refractivity contribution in [2.24, 2.45) is 0 Å². The molecule has 0 N–H and O–H groups in total. The summed E-state index contributed by atoms with van der Waals surface area (Å²) in [6.07, 6.45) is -3.83. The molecule has 11 heteroatoms. The zero-order valence-corrected chi connectivity index (χ0v) is 37.6. The van der Waals surface area contributed by atoms with Gasteiger partial charge in [0.2, 0.25) is 0 Å². The standard InChI is InChI=1S/C48H60NO9P/c1-45(2,3)29-23-31-32-24-30(46(4,5)6)26-34(48(10,11)12)38(32)57-59(56-37(31)33(25-29)47(7,8)9)58-41-40(54-42(50)35-21-17-18-22-49-35)39-36(53-44(41)51-13)27-52-43(55-39)28-19-15-14-16-20-28/h14-26,36,39-41,43-44H,27H2,1-13H3/t36-,39-,40+,41-,43?,44+/m1/s1. The predicted molar refractivity (Wildman–Crippen MR) is 231 cm³/mol. The highest BCUT2D eigenvalue weighted by Gasteiger charge is 2.54. The fraction of sp³-hybridized carbons (Fsp3) is 0.500. The van der Waals surface area contributed by atoms with Crippen molar-refractivity contribution in [3.05, 3.63) is 113 Å². The van der Waals surface area contributed by atoms with Gasteiger partial charge in [-0.3, -0.25) is 4.52 Å². The molecule has 59 heavy (non-hydrogen) atoms. The van der Waals surface area contributed by atoms with Crippen LogP contribution in [-0.4, -0.2) is 55.4 Å². The average Bonchev–Trinajstić information content (AvgIpc) is 3.33. The Balaban J connectivity index is 1.48. The quantitative estimate of drug-likeness (QED) is 0.153. The molecular formula is C48H60NO9P. The second-order valence-corrected chi connectivity index (χ2v) is 20.8. The number of nitrogens with zero attached hydrogens (tertiary/aromatic N) is 1. The Bertz CT molecular complexity index is 2240. The summed E-state index contributed by atoms with van der Waals surface area (Å²) < 4.78 is 53.0. The van der Waals surface area contributed by atoms with Crippen LogP contribution in [0.25, 0.3) is 21.9 Å². The molecule has 0 radical (unpaired) electrons. The molecular weight excluding hydrogens is 765 g/mol. The van der Waals surface area contributed by atoms with Crippen LogP contribution in [0.4, 0.5) is 0 Å². The number of methoxy groups -OCH3 is 1. The first-order chi connectivity index (χ1) is 27.6. The fourth-order valence-corrected chi connectivity index (χ4v) is 8.81. The van der Waals surface area contributed by atoms with E-state index in [2.05, 4.69) is 112 Å². The Morgan fingerprint density at radius 3 is 1.75 bits per heavy atom. The van der Waals surface area contributed by atoms with Crippen molar-refractivity contribution in [1.82, 2.24) is 4.98 Å². The van der Waals surface area contributed by atoms with Crippen molar-refractivity contribution >= 4 is 36.1 Å². The van der Waals surface area contributed by atoms with E-state index < -0.39 is 51.2 Å². The van der Waals surface area contributed by atoms with E-state index in [1.165, 1.54) is 18.2 Å². The van der Waals surface area contributed by atoms with E-state index in [1.807, 2.05) is 30.3 Å². The number of esters is 1. The van der Waals surface area contributed by atoms with Gasteiger partial charge in [-0.25, -0.2) is 9.78 Å². The molecule has 0 aliphatic carbocycles. The highest BCUT2D eigenvalue weighted by Crippen LogP contribution is 2.47. The molecule has 316 valence electrons. The Morgan fingerprint density at radius 1 is 0.695 bits per heavy atom. The minimum Gasteiger partial charge on any atom is -0.452 e. The van der Waals surface area contributed by atoms with Crippen LogP contribution in [0.2, 0.25) is 0 Å². The number of hydrogen-bond acceptors (Lipinski definition) is 10. The maximum atomic E-state index is 13.9. The van der Waals surface area contributed by atoms with Gasteiger partial charge in [-0.1, -0.05) is 132 Å². The second kappa shape index (κ2) is 16.1. The van der Waals surface area contributed by atoms with Gasteiger partial charge in [0, 0.05) is 40.8 Å². The molecule has 2 aromatic heterocycles. The lowest BCUT2D eigenvalue weighted by atomic mass is 9.77. The maximum absolute atomic E-state index is 13.9. The second-order valence-electron chi connectivity index (χ2n) is 19.8. The molecule has 5 aromatic rings. The van der Waals surface area contributed by atoms with Crippen LogP contribution in [0.3, 0.4) is 0 Å². The Labute approximate surface area is 349 Å². The van der Waals surface area contributed by atoms with Gasteiger partial charge in [-0.15, -0.1) is 0 Å². The number of fused-ring (bicyclic) bond motifs is 4. The fourth-order valence-electron chi connectivity index (χ4n) is 7.57. The molecule has 0 spiro atoms. The lowest BCUT2D eigenvalue weighted by Crippen LogP contribution is -2.64. The third-order valence-corrected chi connectivity index (χ3v) is 12.1. The summed E-state index contributed by atoms with van der Waals surface area (Å²) in [4.78, 5) is 18.2. The number of aromatic nitrogens is 1. The summed E-state index contributed by atoms with van der Waals surface area (Å²) in [5, 5.41) is 1.87. The summed E-state index contributed by atoms with van der Waals surface area (Å²) in [6.45, 7) is 26.7. The molecule has 0 amide bonds. The van der Waals surface area contributed by atoms with Gasteiger partial charge in [0.05, 0.1) is 6.61 Å². The first-order valence-electron chi connectivity index (χ1n) is 20.5. The van der Waals surface area contributed by atoms with Crippen LogP contribution in [0.5, 0.6) is 0 Å². The van der Waals surface area contributed by atoms with E-state index in [-0.39, 0.29) is 34.0 Å². The van der Waals surface area contributed by atoms with Gasteiger partial charge in [-0.2, -0.15) is 0 Å². The molecule has 2 saturated heterocycles. The molecule has 4 heterocycles. The molecule has 0 saturated carbocycles. The Kier molecular flexibility index (Phi) is 11.8. The first-order valence-corrected chi connectivity index (χ1v) is 21.6. The largest absolute Gasteiger partial charge is 0.452 e. The summed E-state index contributed by atoms with van der Waals surface area (Å²) in [5.41, 5.74) is 5.73. The minimum absolute atomic E-state index is 0.138. The van der Waals surface area contributed by atoms with E-state index >= 15 is 0 Å². The topological polar surface area (TPSA) is 112 Å². The van der Waals surface area contributed by atoms with Crippen molar-refractivity contribution in [3.8, 4) is 0 Å². The van der Waals surface area contributed by atoms with E-state index in [0.717, 1.165) is 27.5 Å². The van der Waals surface area contributed by atoms with Crippen LogP contribution >= 0.6 is 8.24 Å². The van der Waals surface area contributed by atoms with Crippen molar-refractivity contribution in [1.29, 1.82) is 0 Å². The van der Waals surface area contributed by atoms with E-state index in [0.29, 0.717) is 11.2 Å². The molecule has 1 unspecified atom stereocenters. The van der Waals surface area contributed by atoms with Crippen LogP contribution < -0.4 is 4.52 Å². The number of pyridine rings is 1. The summed E-state index contributed by atoms with van der Waals surface area (Å²) in [6, 6.07) is 23.7. The van der Waals surface area contributed by atoms with Gasteiger partial charge in [-0.05, 0) is 57.1 Å². The van der Waals surface area contributed by atoms with Crippen molar-refractivity contribution in [2.45, 2.75) is 142 Å². The summed E-state index contributed by atoms with van der Waals surface area (Å²) in [5.74, 6) is -0.647. The molecule has 0 bridgehead atoms. The van der Waals surface area contributed by atoms with E-state index in [9.17, 15) is 4.79 Å². The number of ether oxygens (including phenoxy) is 5. The number of carbonyl (C=O) groups is 1. The Morgan fingerprint density at radius 2 is 1.25 bits per heavy atom. The summed E-state index contributed by atoms with van der Waals surface area (Å²) in [7, 11) is -0.740. The molecule has 2 aliphatic heterocycles. The maximum Gasteiger partial charge on any atom is 0.388 e. The molecule has 6 atom stereocenters. The normalized spacial score (nSPS) is 22.9. The third-order valence-electron chi connectivity index (χ3n) is 11.1. The first kappa shape index (κ1) is 43.1. The minimum atomic E-state index is -2.27. The van der Waals surface area contributed by atoms with Gasteiger partial charge in [0.1, 0.15) is 29.1 Å². The van der Waals surface area contributed by atoms with Crippen LogP contribution in [-0.2, 0) is 45.3 Å². The van der Waals surface area contributed by atoms with Gasteiger partial charge in [0.25, 0.3) is 0 Å². The number of hydrogen-bond donors (Lipinski definition) is 0.